The first-order valence-corrected chi connectivity index (χ1v) is 8.38. The summed E-state index contributed by atoms with van der Waals surface area (Å²) in [5.74, 6) is 0.811. The molecule has 3 rings (SSSR count). The van der Waals surface area contributed by atoms with E-state index in [1.54, 1.807) is 11.1 Å². The maximum absolute atomic E-state index is 3.56. The van der Waals surface area contributed by atoms with Gasteiger partial charge in [-0.05, 0) is 49.8 Å². The van der Waals surface area contributed by atoms with Crippen molar-refractivity contribution in [1.82, 2.24) is 4.90 Å². The number of hydrogen-bond acceptors (Lipinski definition) is 1. The lowest BCUT2D eigenvalue weighted by Crippen LogP contribution is -2.36. The molecule has 0 N–H and O–H groups in total. The van der Waals surface area contributed by atoms with Gasteiger partial charge in [0.05, 0.1) is 0 Å². The molecule has 1 aromatic rings. The van der Waals surface area contributed by atoms with Crippen molar-refractivity contribution in [1.29, 1.82) is 0 Å². The van der Waals surface area contributed by atoms with E-state index in [0.29, 0.717) is 0 Å². The average Bonchev–Trinajstić information content (AvgIpc) is 2.81. The zero-order valence-corrected chi connectivity index (χ0v) is 12.5. The molecular formula is C16H22BrN. The third kappa shape index (κ3) is 2.50. The topological polar surface area (TPSA) is 3.24 Å². The van der Waals surface area contributed by atoms with Crippen LogP contribution in [0, 0.1) is 0 Å². The zero-order valence-electron chi connectivity index (χ0n) is 10.9. The summed E-state index contributed by atoms with van der Waals surface area (Å²) in [6, 6.07) is 9.84. The van der Waals surface area contributed by atoms with Gasteiger partial charge in [0.1, 0.15) is 0 Å². The quantitative estimate of drug-likeness (QED) is 0.744. The smallest absolute Gasteiger partial charge is 0.00962 e. The van der Waals surface area contributed by atoms with E-state index in [1.807, 2.05) is 0 Å². The number of rotatable bonds is 5. The number of likely N-dealkylation sites (tertiary alicyclic amines) is 1. The molecule has 0 spiro atoms. The second-order valence-corrected chi connectivity index (χ2v) is 6.52. The van der Waals surface area contributed by atoms with Gasteiger partial charge in [0.15, 0.2) is 0 Å². The predicted octanol–water partition coefficient (Wildman–Crippen LogP) is 3.97. The highest BCUT2D eigenvalue weighted by atomic mass is 79.9. The molecule has 2 atom stereocenters. The minimum atomic E-state index is 0.811. The Morgan fingerprint density at radius 1 is 1.28 bits per heavy atom. The van der Waals surface area contributed by atoms with E-state index in [9.17, 15) is 0 Å². The Balaban J connectivity index is 1.57. The summed E-state index contributed by atoms with van der Waals surface area (Å²) >= 11 is 3.56. The molecule has 1 aliphatic heterocycles. The molecule has 0 saturated carbocycles. The van der Waals surface area contributed by atoms with Crippen molar-refractivity contribution in [3.05, 3.63) is 35.4 Å². The molecule has 0 bridgehead atoms. The van der Waals surface area contributed by atoms with Gasteiger partial charge in [-0.3, -0.25) is 4.90 Å². The number of hydrogen-bond donors (Lipinski definition) is 0. The summed E-state index contributed by atoms with van der Waals surface area (Å²) in [7, 11) is 0. The van der Waals surface area contributed by atoms with Crippen molar-refractivity contribution in [3.8, 4) is 0 Å². The normalized spacial score (nSPS) is 26.9. The van der Waals surface area contributed by atoms with Gasteiger partial charge in [0, 0.05) is 23.8 Å². The van der Waals surface area contributed by atoms with Crippen LogP contribution in [-0.4, -0.2) is 29.4 Å². The summed E-state index contributed by atoms with van der Waals surface area (Å²) in [6.07, 6.45) is 6.82. The van der Waals surface area contributed by atoms with Crippen LogP contribution < -0.4 is 0 Å². The first-order chi connectivity index (χ1) is 8.88. The van der Waals surface area contributed by atoms with Crippen LogP contribution in [-0.2, 0) is 6.42 Å². The maximum Gasteiger partial charge on any atom is 0.00962 e. The molecule has 2 heteroatoms. The molecule has 0 radical (unpaired) electrons. The molecular weight excluding hydrogens is 286 g/mol. The van der Waals surface area contributed by atoms with Gasteiger partial charge >= 0.3 is 0 Å². The van der Waals surface area contributed by atoms with E-state index in [0.717, 1.165) is 17.3 Å². The number of halogens is 1. The number of nitrogens with zero attached hydrogens (tertiary/aromatic N) is 1. The van der Waals surface area contributed by atoms with Gasteiger partial charge in [-0.1, -0.05) is 40.2 Å². The minimum Gasteiger partial charge on any atom is -0.300 e. The first-order valence-electron chi connectivity index (χ1n) is 7.26. The van der Waals surface area contributed by atoms with Crippen LogP contribution in [0.15, 0.2) is 24.3 Å². The lowest BCUT2D eigenvalue weighted by molar-refractivity contribution is 0.220. The third-order valence-corrected chi connectivity index (χ3v) is 5.15. The van der Waals surface area contributed by atoms with E-state index in [2.05, 4.69) is 45.1 Å². The van der Waals surface area contributed by atoms with E-state index < -0.39 is 0 Å². The summed E-state index contributed by atoms with van der Waals surface area (Å²) in [5, 5.41) is 1.16. The predicted molar refractivity (Wildman–Crippen MR) is 80.5 cm³/mol. The summed E-state index contributed by atoms with van der Waals surface area (Å²) in [6.45, 7) is 2.62. The van der Waals surface area contributed by atoms with E-state index in [4.69, 9.17) is 0 Å². The molecule has 18 heavy (non-hydrogen) atoms. The molecule has 1 aromatic carbocycles. The SMILES string of the molecule is BrCCCC1CCCN1CC1Cc2ccccc21. The number of alkyl halides is 1. The molecule has 2 unspecified atom stereocenters. The number of fused-ring (bicyclic) bond motifs is 1. The Kier molecular flexibility index (Phi) is 4.05. The molecule has 1 fully saturated rings. The minimum absolute atomic E-state index is 0.811. The van der Waals surface area contributed by atoms with Crippen molar-refractivity contribution >= 4 is 15.9 Å². The molecule has 98 valence electrons. The number of benzene rings is 1. The average molecular weight is 308 g/mol. The third-order valence-electron chi connectivity index (χ3n) is 4.59. The second-order valence-electron chi connectivity index (χ2n) is 5.72. The zero-order chi connectivity index (χ0) is 12.4. The molecule has 2 aliphatic rings. The largest absolute Gasteiger partial charge is 0.300 e. The monoisotopic (exact) mass is 307 g/mol. The molecule has 1 saturated heterocycles. The highest BCUT2D eigenvalue weighted by molar-refractivity contribution is 9.09. The Morgan fingerprint density at radius 3 is 3.00 bits per heavy atom. The highest BCUT2D eigenvalue weighted by Gasteiger charge is 2.31. The Morgan fingerprint density at radius 2 is 2.17 bits per heavy atom. The van der Waals surface area contributed by atoms with Gasteiger partial charge < -0.3 is 0 Å². The Hall–Kier alpha value is -0.340. The fraction of sp³-hybridized carbons (Fsp3) is 0.625. The van der Waals surface area contributed by atoms with Crippen LogP contribution in [0.25, 0.3) is 0 Å². The van der Waals surface area contributed by atoms with Crippen molar-refractivity contribution in [3.63, 3.8) is 0 Å². The summed E-state index contributed by atoms with van der Waals surface area (Å²) < 4.78 is 0. The molecule has 1 aliphatic carbocycles. The van der Waals surface area contributed by atoms with Crippen molar-refractivity contribution in [2.75, 3.05) is 18.4 Å². The Bertz CT molecular complexity index is 404. The van der Waals surface area contributed by atoms with E-state index in [1.165, 1.54) is 45.2 Å². The summed E-state index contributed by atoms with van der Waals surface area (Å²) in [4.78, 5) is 2.75. The maximum atomic E-state index is 3.56. The fourth-order valence-corrected chi connectivity index (χ4v) is 3.91. The lowest BCUT2D eigenvalue weighted by Gasteiger charge is -2.35. The van der Waals surface area contributed by atoms with Gasteiger partial charge in [0.25, 0.3) is 0 Å². The van der Waals surface area contributed by atoms with E-state index >= 15 is 0 Å². The van der Waals surface area contributed by atoms with Crippen LogP contribution in [0.1, 0.15) is 42.7 Å². The van der Waals surface area contributed by atoms with Crippen molar-refractivity contribution in [2.45, 2.75) is 44.1 Å². The molecule has 1 nitrogen and oxygen atoms in total. The second kappa shape index (κ2) is 5.75. The molecule has 1 heterocycles. The van der Waals surface area contributed by atoms with Crippen LogP contribution in [0.2, 0.25) is 0 Å². The van der Waals surface area contributed by atoms with Gasteiger partial charge in [-0.25, -0.2) is 0 Å². The lowest BCUT2D eigenvalue weighted by atomic mass is 9.77. The van der Waals surface area contributed by atoms with Crippen LogP contribution in [0.3, 0.4) is 0 Å². The first kappa shape index (κ1) is 12.7. The van der Waals surface area contributed by atoms with Crippen LogP contribution in [0.5, 0.6) is 0 Å². The van der Waals surface area contributed by atoms with Gasteiger partial charge in [0.2, 0.25) is 0 Å². The van der Waals surface area contributed by atoms with Crippen molar-refractivity contribution < 1.29 is 0 Å². The molecule has 0 amide bonds. The fourth-order valence-electron chi connectivity index (χ4n) is 3.58. The van der Waals surface area contributed by atoms with Crippen LogP contribution in [0.4, 0.5) is 0 Å². The van der Waals surface area contributed by atoms with Crippen LogP contribution >= 0.6 is 15.9 Å². The van der Waals surface area contributed by atoms with Gasteiger partial charge in [-0.2, -0.15) is 0 Å². The van der Waals surface area contributed by atoms with Gasteiger partial charge in [-0.15, -0.1) is 0 Å². The van der Waals surface area contributed by atoms with Crippen molar-refractivity contribution in [2.24, 2.45) is 0 Å². The molecule has 0 aromatic heterocycles. The Labute approximate surface area is 119 Å². The van der Waals surface area contributed by atoms with E-state index in [-0.39, 0.29) is 0 Å². The summed E-state index contributed by atoms with van der Waals surface area (Å²) in [5.41, 5.74) is 3.20. The highest BCUT2D eigenvalue weighted by Crippen LogP contribution is 2.37. The standard InChI is InChI=1S/C16H22BrN/c17-9-3-6-15-7-4-10-18(15)12-14-11-13-5-1-2-8-16(13)14/h1-2,5,8,14-15H,3-4,6-7,9-12H2.